The second-order valence-electron chi connectivity index (χ2n) is 9.08. The summed E-state index contributed by atoms with van der Waals surface area (Å²) in [5.41, 5.74) is 2.49. The summed E-state index contributed by atoms with van der Waals surface area (Å²) in [6.07, 6.45) is 9.02. The molecule has 32 heavy (non-hydrogen) atoms. The number of carbonyl (C=O) groups excluding carboxylic acids is 2. The van der Waals surface area contributed by atoms with Crippen LogP contribution in [0.1, 0.15) is 12.0 Å². The number of imide groups is 1. The van der Waals surface area contributed by atoms with Crippen molar-refractivity contribution in [2.45, 2.75) is 6.42 Å². The molecular weight excluding hydrogens is 420 g/mol. The molecule has 0 radical (unpaired) electrons. The predicted octanol–water partition coefficient (Wildman–Crippen LogP) is 3.99. The van der Waals surface area contributed by atoms with E-state index in [-0.39, 0.29) is 35.5 Å². The molecule has 3 aromatic rings. The van der Waals surface area contributed by atoms with Gasteiger partial charge in [-0.15, -0.1) is 11.3 Å². The highest BCUT2D eigenvalue weighted by molar-refractivity contribution is 7.13. The van der Waals surface area contributed by atoms with Crippen LogP contribution in [0.15, 0.2) is 71.3 Å². The Balaban J connectivity index is 1.24. The van der Waals surface area contributed by atoms with E-state index in [1.165, 1.54) is 0 Å². The molecular formula is C25H20N4O2S. The molecule has 2 bridgehead atoms. The zero-order chi connectivity index (χ0) is 21.4. The molecule has 7 heteroatoms. The lowest BCUT2D eigenvalue weighted by molar-refractivity contribution is -0.140. The molecule has 3 heterocycles. The minimum absolute atomic E-state index is 0.144. The lowest BCUT2D eigenvalue weighted by Crippen LogP contribution is -2.40. The summed E-state index contributed by atoms with van der Waals surface area (Å²) >= 11 is 1.59. The summed E-state index contributed by atoms with van der Waals surface area (Å²) in [6, 6.07) is 13.9. The number of benzene rings is 1. The van der Waals surface area contributed by atoms with Gasteiger partial charge in [-0.2, -0.15) is 15.2 Å². The van der Waals surface area contributed by atoms with Gasteiger partial charge in [0.15, 0.2) is 0 Å². The molecule has 4 aliphatic carbocycles. The number of hydrogen-bond acceptors (Lipinski definition) is 5. The number of thiophene rings is 1. The van der Waals surface area contributed by atoms with E-state index in [0.29, 0.717) is 11.8 Å². The third-order valence-corrected chi connectivity index (χ3v) is 8.35. The molecule has 158 valence electrons. The van der Waals surface area contributed by atoms with E-state index in [4.69, 9.17) is 5.10 Å². The van der Waals surface area contributed by atoms with Crippen molar-refractivity contribution in [3.63, 3.8) is 0 Å². The number of allylic oxidation sites excluding steroid dienone is 2. The Morgan fingerprint density at radius 2 is 1.69 bits per heavy atom. The fourth-order valence-corrected chi connectivity index (χ4v) is 6.71. The van der Waals surface area contributed by atoms with E-state index < -0.39 is 0 Å². The Bertz CT molecular complexity index is 1260. The first-order chi connectivity index (χ1) is 15.7. The van der Waals surface area contributed by atoms with Crippen LogP contribution in [-0.2, 0) is 9.59 Å². The van der Waals surface area contributed by atoms with Crippen LogP contribution in [0.5, 0.6) is 0 Å². The molecule has 6 unspecified atom stereocenters. The van der Waals surface area contributed by atoms with Gasteiger partial charge in [-0.1, -0.05) is 36.4 Å². The van der Waals surface area contributed by atoms with Gasteiger partial charge in [-0.25, -0.2) is 4.68 Å². The maximum absolute atomic E-state index is 13.2. The molecule has 0 spiro atoms. The van der Waals surface area contributed by atoms with E-state index in [1.807, 2.05) is 58.7 Å². The van der Waals surface area contributed by atoms with E-state index in [0.717, 1.165) is 33.3 Å². The van der Waals surface area contributed by atoms with Gasteiger partial charge < -0.3 is 0 Å². The quantitative estimate of drug-likeness (QED) is 0.350. The standard InChI is InChI=1S/C25H20N4O2S/c30-24-21-16-8-9-17(19-11-18(16)19)22(21)25(31)29(24)26-12-14-13-28(15-5-2-1-3-6-15)27-23(14)20-7-4-10-32-20/h1-10,12-13,16-19,21-22H,11H2/b26-12+. The van der Waals surface area contributed by atoms with Crippen molar-refractivity contribution in [2.75, 3.05) is 0 Å². The van der Waals surface area contributed by atoms with Crippen LogP contribution < -0.4 is 0 Å². The van der Waals surface area contributed by atoms with Gasteiger partial charge in [-0.3, -0.25) is 9.59 Å². The Labute approximate surface area is 188 Å². The molecule has 5 aliphatic rings. The topological polar surface area (TPSA) is 67.6 Å². The fraction of sp³-hybridized carbons (Fsp3) is 0.280. The average molecular weight is 441 g/mol. The number of carbonyl (C=O) groups is 2. The second-order valence-corrected chi connectivity index (χ2v) is 10.0. The van der Waals surface area contributed by atoms with Gasteiger partial charge in [0.25, 0.3) is 11.8 Å². The SMILES string of the molecule is O=C1C2C3C=CC(C4CC34)C2C(=O)N1/N=C/c1cn(-c2ccccc2)nc1-c1cccs1. The Kier molecular flexibility index (Phi) is 3.76. The van der Waals surface area contributed by atoms with Crippen LogP contribution in [0.3, 0.4) is 0 Å². The lowest BCUT2D eigenvalue weighted by atomic mass is 9.63. The van der Waals surface area contributed by atoms with Crippen molar-refractivity contribution >= 4 is 29.4 Å². The number of nitrogens with zero attached hydrogens (tertiary/aromatic N) is 4. The molecule has 1 saturated heterocycles. The Hall–Kier alpha value is -3.32. The Morgan fingerprint density at radius 1 is 0.969 bits per heavy atom. The summed E-state index contributed by atoms with van der Waals surface area (Å²) in [5, 5.41) is 12.3. The monoisotopic (exact) mass is 440 g/mol. The molecule has 8 rings (SSSR count). The highest BCUT2D eigenvalue weighted by Crippen LogP contribution is 2.65. The van der Waals surface area contributed by atoms with Crippen LogP contribution in [0.4, 0.5) is 0 Å². The van der Waals surface area contributed by atoms with Crippen molar-refractivity contribution in [1.29, 1.82) is 0 Å². The maximum Gasteiger partial charge on any atom is 0.254 e. The van der Waals surface area contributed by atoms with E-state index >= 15 is 0 Å². The number of hydrogen-bond donors (Lipinski definition) is 0. The first-order valence-corrected chi connectivity index (χ1v) is 11.9. The number of rotatable bonds is 4. The van der Waals surface area contributed by atoms with Gasteiger partial charge in [0.1, 0.15) is 5.69 Å². The first-order valence-electron chi connectivity index (χ1n) is 11.0. The Morgan fingerprint density at radius 3 is 2.34 bits per heavy atom. The summed E-state index contributed by atoms with van der Waals surface area (Å²) < 4.78 is 1.81. The molecule has 6 nitrogen and oxygen atoms in total. The zero-order valence-corrected chi connectivity index (χ0v) is 17.9. The molecule has 2 aromatic heterocycles. The highest BCUT2D eigenvalue weighted by atomic mass is 32.1. The van der Waals surface area contributed by atoms with E-state index in [1.54, 1.807) is 17.6 Å². The molecule has 3 fully saturated rings. The predicted molar refractivity (Wildman–Crippen MR) is 121 cm³/mol. The van der Waals surface area contributed by atoms with Crippen LogP contribution in [0, 0.1) is 35.5 Å². The molecule has 1 aliphatic heterocycles. The zero-order valence-electron chi connectivity index (χ0n) is 17.1. The molecule has 2 saturated carbocycles. The van der Waals surface area contributed by atoms with Gasteiger partial charge in [0, 0.05) is 11.8 Å². The van der Waals surface area contributed by atoms with Crippen LogP contribution in [-0.4, -0.2) is 32.8 Å². The van der Waals surface area contributed by atoms with Gasteiger partial charge in [-0.05, 0) is 53.7 Å². The van der Waals surface area contributed by atoms with Crippen molar-refractivity contribution in [3.05, 3.63) is 71.8 Å². The third-order valence-electron chi connectivity index (χ3n) is 7.47. The number of amides is 2. The lowest BCUT2D eigenvalue weighted by Gasteiger charge is -2.37. The third kappa shape index (κ3) is 2.51. The highest BCUT2D eigenvalue weighted by Gasteiger charge is 2.67. The molecule has 1 aromatic carbocycles. The van der Waals surface area contributed by atoms with Crippen molar-refractivity contribution in [1.82, 2.24) is 14.8 Å². The summed E-state index contributed by atoms with van der Waals surface area (Å²) in [4.78, 5) is 27.4. The van der Waals surface area contributed by atoms with Gasteiger partial charge >= 0.3 is 0 Å². The number of hydrazone groups is 1. The van der Waals surface area contributed by atoms with Gasteiger partial charge in [0.2, 0.25) is 0 Å². The average Bonchev–Trinajstić information content (AvgIpc) is 3.16. The minimum Gasteiger partial charge on any atom is -0.272 e. The molecule has 6 atom stereocenters. The van der Waals surface area contributed by atoms with Crippen LogP contribution in [0.2, 0.25) is 0 Å². The van der Waals surface area contributed by atoms with Crippen LogP contribution >= 0.6 is 11.3 Å². The van der Waals surface area contributed by atoms with Crippen molar-refractivity contribution in [2.24, 2.45) is 40.6 Å². The van der Waals surface area contributed by atoms with Gasteiger partial charge in [0.05, 0.1) is 28.6 Å². The van der Waals surface area contributed by atoms with Crippen molar-refractivity contribution < 1.29 is 9.59 Å². The maximum atomic E-state index is 13.2. The normalized spacial score (nSPS) is 32.1. The first kappa shape index (κ1) is 18.3. The second kappa shape index (κ2) is 6.59. The molecule has 0 N–H and O–H groups in total. The minimum atomic E-state index is -0.234. The number of aromatic nitrogens is 2. The summed E-state index contributed by atoms with van der Waals surface area (Å²) in [5.74, 6) is 0.818. The largest absolute Gasteiger partial charge is 0.272 e. The van der Waals surface area contributed by atoms with E-state index in [2.05, 4.69) is 17.3 Å². The fourth-order valence-electron chi connectivity index (χ4n) is 5.97. The molecule has 2 amide bonds. The van der Waals surface area contributed by atoms with Crippen molar-refractivity contribution in [3.8, 4) is 16.3 Å². The van der Waals surface area contributed by atoms with E-state index in [9.17, 15) is 9.59 Å². The number of para-hydroxylation sites is 1. The summed E-state index contributed by atoms with van der Waals surface area (Å²) in [6.45, 7) is 0. The smallest absolute Gasteiger partial charge is 0.254 e. The summed E-state index contributed by atoms with van der Waals surface area (Å²) in [7, 11) is 0. The van der Waals surface area contributed by atoms with Crippen LogP contribution in [0.25, 0.3) is 16.3 Å².